The molecule has 1 aliphatic rings. The van der Waals surface area contributed by atoms with E-state index in [2.05, 4.69) is 26.1 Å². The average molecular weight is 572 g/mol. The molecule has 1 atom stereocenters. The van der Waals surface area contributed by atoms with Gasteiger partial charge in [-0.2, -0.15) is 0 Å². The predicted octanol–water partition coefficient (Wildman–Crippen LogP) is 5.02. The molecule has 0 unspecified atom stereocenters. The van der Waals surface area contributed by atoms with Crippen LogP contribution in [0.25, 0.3) is 0 Å². The number of anilines is 1. The van der Waals surface area contributed by atoms with Crippen LogP contribution in [0.2, 0.25) is 0 Å². The molecule has 1 saturated carbocycles. The van der Waals surface area contributed by atoms with Crippen molar-refractivity contribution in [3.8, 4) is 5.75 Å². The molecule has 3 rings (SSSR count). The zero-order valence-electron chi connectivity index (χ0n) is 24.8. The molecule has 1 fully saturated rings. The van der Waals surface area contributed by atoms with Gasteiger partial charge in [-0.25, -0.2) is 8.42 Å². The lowest BCUT2D eigenvalue weighted by atomic mass is 9.87. The molecule has 0 bridgehead atoms. The first-order valence-electron chi connectivity index (χ1n) is 14.1. The van der Waals surface area contributed by atoms with E-state index in [9.17, 15) is 18.0 Å². The zero-order valence-corrected chi connectivity index (χ0v) is 25.6. The lowest BCUT2D eigenvalue weighted by Gasteiger charge is -2.34. The molecule has 8 nitrogen and oxygen atoms in total. The molecule has 0 radical (unpaired) electrons. The van der Waals surface area contributed by atoms with Crippen molar-refractivity contribution in [2.75, 3.05) is 24.2 Å². The summed E-state index contributed by atoms with van der Waals surface area (Å²) in [5.74, 6) is -0.00817. The maximum atomic E-state index is 14.0. The van der Waals surface area contributed by atoms with E-state index in [1.807, 2.05) is 43.3 Å². The molecule has 2 aromatic carbocycles. The van der Waals surface area contributed by atoms with E-state index >= 15 is 0 Å². The second-order valence-electron chi connectivity index (χ2n) is 11.7. The third-order valence-corrected chi connectivity index (χ3v) is 8.67. The van der Waals surface area contributed by atoms with Gasteiger partial charge in [-0.15, -0.1) is 0 Å². The molecule has 1 N–H and O–H groups in total. The summed E-state index contributed by atoms with van der Waals surface area (Å²) in [6.07, 6.45) is 6.67. The molecule has 1 aliphatic carbocycles. The third-order valence-electron chi connectivity index (χ3n) is 7.53. The molecular weight excluding hydrogens is 526 g/mol. The standard InChI is InChI=1S/C31H45N3O5S/c1-7-28(30(36)32-25-13-9-8-10-14-25)33(21-23-12-11-15-27(20-23)39-5)29(35)22-34(40(6,37)38)26-18-16-24(17-19-26)31(2,3)4/h11-12,15-20,25,28H,7-10,13-14,21-22H2,1-6H3,(H,32,36)/t28-/m1/s1. The Bertz CT molecular complexity index is 1250. The van der Waals surface area contributed by atoms with Crippen LogP contribution in [0, 0.1) is 0 Å². The van der Waals surface area contributed by atoms with Crippen LogP contribution in [-0.2, 0) is 31.6 Å². The Kier molecular flexibility index (Phi) is 10.6. The number of methoxy groups -OCH3 is 1. The van der Waals surface area contributed by atoms with Gasteiger partial charge in [-0.05, 0) is 60.1 Å². The number of hydrogen-bond acceptors (Lipinski definition) is 5. The fraction of sp³-hybridized carbons (Fsp3) is 0.548. The summed E-state index contributed by atoms with van der Waals surface area (Å²) in [5, 5.41) is 3.16. The molecule has 40 heavy (non-hydrogen) atoms. The highest BCUT2D eigenvalue weighted by atomic mass is 32.2. The van der Waals surface area contributed by atoms with Crippen molar-refractivity contribution in [1.29, 1.82) is 0 Å². The molecule has 0 aliphatic heterocycles. The Hall–Kier alpha value is -3.07. The normalized spacial score (nSPS) is 15.2. The Morgan fingerprint density at radius 1 is 1.05 bits per heavy atom. The number of hydrogen-bond donors (Lipinski definition) is 1. The van der Waals surface area contributed by atoms with Crippen LogP contribution in [0.5, 0.6) is 5.75 Å². The van der Waals surface area contributed by atoms with Gasteiger partial charge in [0.25, 0.3) is 0 Å². The van der Waals surface area contributed by atoms with Crippen LogP contribution in [-0.4, -0.2) is 57.1 Å². The van der Waals surface area contributed by atoms with Crippen LogP contribution in [0.1, 0.15) is 77.3 Å². The summed E-state index contributed by atoms with van der Waals surface area (Å²) in [5.41, 5.74) is 2.15. The number of rotatable bonds is 11. The van der Waals surface area contributed by atoms with Crippen molar-refractivity contribution in [1.82, 2.24) is 10.2 Å². The minimum Gasteiger partial charge on any atom is -0.497 e. The number of amides is 2. The summed E-state index contributed by atoms with van der Waals surface area (Å²) in [6, 6.07) is 13.9. The second-order valence-corrected chi connectivity index (χ2v) is 13.6. The van der Waals surface area contributed by atoms with Crippen molar-refractivity contribution in [2.45, 2.75) is 90.3 Å². The molecule has 9 heteroatoms. The minimum absolute atomic E-state index is 0.0953. The first-order valence-corrected chi connectivity index (χ1v) is 16.0. The van der Waals surface area contributed by atoms with Crippen molar-refractivity contribution in [3.63, 3.8) is 0 Å². The van der Waals surface area contributed by atoms with Gasteiger partial charge in [0.1, 0.15) is 18.3 Å². The Balaban J connectivity index is 1.93. The topological polar surface area (TPSA) is 96.0 Å². The van der Waals surface area contributed by atoms with Gasteiger partial charge in [-0.1, -0.05) is 71.2 Å². The zero-order chi connectivity index (χ0) is 29.5. The number of carbonyl (C=O) groups is 2. The SMILES string of the molecule is CC[C@H](C(=O)NC1CCCCC1)N(Cc1cccc(OC)c1)C(=O)CN(c1ccc(C(C)(C)C)cc1)S(C)(=O)=O. The molecule has 0 aromatic heterocycles. The summed E-state index contributed by atoms with van der Waals surface area (Å²) >= 11 is 0. The lowest BCUT2D eigenvalue weighted by molar-refractivity contribution is -0.140. The third kappa shape index (κ3) is 8.46. The lowest BCUT2D eigenvalue weighted by Crippen LogP contribution is -2.53. The number of benzene rings is 2. The van der Waals surface area contributed by atoms with E-state index in [4.69, 9.17) is 4.74 Å². The van der Waals surface area contributed by atoms with E-state index in [0.29, 0.717) is 17.9 Å². The summed E-state index contributed by atoms with van der Waals surface area (Å²) in [6.45, 7) is 7.85. The van der Waals surface area contributed by atoms with Crippen molar-refractivity contribution in [3.05, 3.63) is 59.7 Å². The maximum absolute atomic E-state index is 14.0. The number of carbonyl (C=O) groups excluding carboxylic acids is 2. The molecule has 0 saturated heterocycles. The molecule has 2 amide bonds. The van der Waals surface area contributed by atoms with E-state index in [-0.39, 0.29) is 23.9 Å². The molecule has 0 heterocycles. The van der Waals surface area contributed by atoms with Crippen molar-refractivity contribution in [2.24, 2.45) is 0 Å². The smallest absolute Gasteiger partial charge is 0.244 e. The van der Waals surface area contributed by atoms with Crippen molar-refractivity contribution >= 4 is 27.5 Å². The number of ether oxygens (including phenoxy) is 1. The fourth-order valence-electron chi connectivity index (χ4n) is 5.17. The quantitative estimate of drug-likeness (QED) is 0.409. The Morgan fingerprint density at radius 3 is 2.25 bits per heavy atom. The first kappa shape index (κ1) is 31.5. The summed E-state index contributed by atoms with van der Waals surface area (Å²) < 4.78 is 32.3. The maximum Gasteiger partial charge on any atom is 0.244 e. The molecule has 0 spiro atoms. The highest BCUT2D eigenvalue weighted by Crippen LogP contribution is 2.27. The van der Waals surface area contributed by atoms with Gasteiger partial charge < -0.3 is 15.0 Å². The van der Waals surface area contributed by atoms with Crippen LogP contribution in [0.4, 0.5) is 5.69 Å². The van der Waals surface area contributed by atoms with Gasteiger partial charge in [0, 0.05) is 12.6 Å². The van der Waals surface area contributed by atoms with E-state index in [1.54, 1.807) is 19.2 Å². The minimum atomic E-state index is -3.79. The molecule has 2 aromatic rings. The number of nitrogens with one attached hydrogen (secondary N) is 1. The van der Waals surface area contributed by atoms with Gasteiger partial charge in [-0.3, -0.25) is 13.9 Å². The fourth-order valence-corrected chi connectivity index (χ4v) is 6.02. The number of sulfonamides is 1. The predicted molar refractivity (Wildman–Crippen MR) is 160 cm³/mol. The first-order chi connectivity index (χ1) is 18.8. The van der Waals surface area contributed by atoms with Gasteiger partial charge in [0.15, 0.2) is 0 Å². The molecule has 220 valence electrons. The highest BCUT2D eigenvalue weighted by Gasteiger charge is 2.33. The molecular formula is C31H45N3O5S. The summed E-state index contributed by atoms with van der Waals surface area (Å²) in [7, 11) is -2.22. The van der Waals surface area contributed by atoms with Gasteiger partial charge in [0.05, 0.1) is 19.1 Å². The summed E-state index contributed by atoms with van der Waals surface area (Å²) in [4.78, 5) is 29.0. The Morgan fingerprint density at radius 2 is 1.70 bits per heavy atom. The van der Waals surface area contributed by atoms with Crippen molar-refractivity contribution < 1.29 is 22.7 Å². The van der Waals surface area contributed by atoms with Crippen LogP contribution < -0.4 is 14.4 Å². The average Bonchev–Trinajstić information content (AvgIpc) is 2.91. The van der Waals surface area contributed by atoms with E-state index < -0.39 is 28.5 Å². The van der Waals surface area contributed by atoms with Gasteiger partial charge >= 0.3 is 0 Å². The van der Waals surface area contributed by atoms with Crippen LogP contribution in [0.15, 0.2) is 48.5 Å². The second kappa shape index (κ2) is 13.5. The van der Waals surface area contributed by atoms with Gasteiger partial charge in [0.2, 0.25) is 21.8 Å². The largest absolute Gasteiger partial charge is 0.497 e. The van der Waals surface area contributed by atoms with Crippen LogP contribution >= 0.6 is 0 Å². The van der Waals surface area contributed by atoms with E-state index in [0.717, 1.165) is 47.4 Å². The number of nitrogens with zero attached hydrogens (tertiary/aromatic N) is 2. The highest BCUT2D eigenvalue weighted by molar-refractivity contribution is 7.92. The van der Waals surface area contributed by atoms with Crippen LogP contribution in [0.3, 0.4) is 0 Å². The van der Waals surface area contributed by atoms with E-state index in [1.165, 1.54) is 11.3 Å². The monoisotopic (exact) mass is 571 g/mol. The Labute approximate surface area is 240 Å².